The van der Waals surface area contributed by atoms with Gasteiger partial charge in [0.15, 0.2) is 0 Å². The molecule has 1 aliphatic heterocycles. The molecule has 0 spiro atoms. The molecule has 1 saturated carbocycles. The Bertz CT molecular complexity index is 284. The van der Waals surface area contributed by atoms with Gasteiger partial charge in [0, 0.05) is 18.1 Å². The van der Waals surface area contributed by atoms with Crippen LogP contribution in [0.25, 0.3) is 0 Å². The van der Waals surface area contributed by atoms with Crippen molar-refractivity contribution in [2.45, 2.75) is 69.9 Å². The van der Waals surface area contributed by atoms with Crippen molar-refractivity contribution in [3.05, 3.63) is 0 Å². The third-order valence-corrected chi connectivity index (χ3v) is 6.11. The summed E-state index contributed by atoms with van der Waals surface area (Å²) in [6, 6.07) is 0.795. The zero-order valence-corrected chi connectivity index (χ0v) is 13.9. The third kappa shape index (κ3) is 3.75. The Labute approximate surface area is 125 Å². The number of nitrogens with zero attached hydrogens (tertiary/aromatic N) is 2. The summed E-state index contributed by atoms with van der Waals surface area (Å²) in [5, 5.41) is 0. The van der Waals surface area contributed by atoms with E-state index in [1.165, 1.54) is 64.5 Å². The average Bonchev–Trinajstić information content (AvgIpc) is 2.47. The lowest BCUT2D eigenvalue weighted by Crippen LogP contribution is -2.55. The van der Waals surface area contributed by atoms with Gasteiger partial charge in [0.1, 0.15) is 0 Å². The zero-order valence-electron chi connectivity index (χ0n) is 13.9. The van der Waals surface area contributed by atoms with Crippen LogP contribution < -0.4 is 5.73 Å². The molecule has 0 bridgehead atoms. The summed E-state index contributed by atoms with van der Waals surface area (Å²) >= 11 is 0. The van der Waals surface area contributed by atoms with Crippen LogP contribution >= 0.6 is 0 Å². The van der Waals surface area contributed by atoms with Crippen molar-refractivity contribution in [3.63, 3.8) is 0 Å². The van der Waals surface area contributed by atoms with Crippen molar-refractivity contribution in [1.29, 1.82) is 0 Å². The van der Waals surface area contributed by atoms with Gasteiger partial charge in [-0.15, -0.1) is 0 Å². The van der Waals surface area contributed by atoms with Gasteiger partial charge in [-0.1, -0.05) is 13.3 Å². The first-order chi connectivity index (χ1) is 9.57. The van der Waals surface area contributed by atoms with Crippen LogP contribution in [-0.4, -0.2) is 55.1 Å². The van der Waals surface area contributed by atoms with Crippen LogP contribution in [0.15, 0.2) is 0 Å². The van der Waals surface area contributed by atoms with E-state index in [-0.39, 0.29) is 0 Å². The summed E-state index contributed by atoms with van der Waals surface area (Å²) in [6.45, 7) is 5.71. The smallest absolute Gasteiger partial charge is 0.0328 e. The Hall–Kier alpha value is -0.120. The fourth-order valence-corrected chi connectivity index (χ4v) is 4.13. The van der Waals surface area contributed by atoms with E-state index in [9.17, 15) is 0 Å². The summed E-state index contributed by atoms with van der Waals surface area (Å²) in [6.07, 6.45) is 10.8. The van der Waals surface area contributed by atoms with Crippen LogP contribution in [0.2, 0.25) is 0 Å². The second-order valence-corrected chi connectivity index (χ2v) is 7.45. The maximum absolute atomic E-state index is 6.17. The summed E-state index contributed by atoms with van der Waals surface area (Å²) in [4.78, 5) is 5.16. The molecule has 1 saturated heterocycles. The number of nitrogens with two attached hydrogens (primary N) is 1. The van der Waals surface area contributed by atoms with Crippen molar-refractivity contribution >= 4 is 0 Å². The van der Waals surface area contributed by atoms with Gasteiger partial charge in [-0.25, -0.2) is 0 Å². The summed E-state index contributed by atoms with van der Waals surface area (Å²) in [7, 11) is 4.61. The molecule has 2 fully saturated rings. The van der Waals surface area contributed by atoms with E-state index >= 15 is 0 Å². The lowest BCUT2D eigenvalue weighted by molar-refractivity contribution is 0.0557. The van der Waals surface area contributed by atoms with Gasteiger partial charge < -0.3 is 10.6 Å². The molecule has 118 valence electrons. The van der Waals surface area contributed by atoms with Crippen molar-refractivity contribution in [2.75, 3.05) is 33.7 Å². The van der Waals surface area contributed by atoms with Gasteiger partial charge in [0.2, 0.25) is 0 Å². The highest BCUT2D eigenvalue weighted by atomic mass is 15.2. The molecule has 1 atom stereocenters. The molecule has 2 rings (SSSR count). The first-order valence-electron chi connectivity index (χ1n) is 8.69. The first kappa shape index (κ1) is 16.3. The van der Waals surface area contributed by atoms with Crippen molar-refractivity contribution in [2.24, 2.45) is 11.7 Å². The molecule has 20 heavy (non-hydrogen) atoms. The number of rotatable bonds is 5. The minimum atomic E-state index is 0.291. The molecule has 3 nitrogen and oxygen atoms in total. The quantitative estimate of drug-likeness (QED) is 0.841. The molecule has 3 heteroatoms. The Morgan fingerprint density at radius 1 is 1.20 bits per heavy atom. The molecule has 0 amide bonds. The summed E-state index contributed by atoms with van der Waals surface area (Å²) < 4.78 is 0. The Balaban J connectivity index is 1.84. The third-order valence-electron chi connectivity index (χ3n) is 6.11. The highest BCUT2D eigenvalue weighted by Gasteiger charge is 2.36. The van der Waals surface area contributed by atoms with E-state index in [0.717, 1.165) is 18.5 Å². The number of hydrogen-bond acceptors (Lipinski definition) is 3. The predicted octanol–water partition coefficient (Wildman–Crippen LogP) is 2.70. The highest BCUT2D eigenvalue weighted by molar-refractivity contribution is 4.94. The van der Waals surface area contributed by atoms with E-state index in [4.69, 9.17) is 5.73 Å². The van der Waals surface area contributed by atoms with E-state index in [2.05, 4.69) is 30.8 Å². The summed E-state index contributed by atoms with van der Waals surface area (Å²) in [5.41, 5.74) is 6.46. The van der Waals surface area contributed by atoms with E-state index in [1.807, 2.05) is 0 Å². The Kier molecular flexibility index (Phi) is 5.88. The SMILES string of the molecule is CC1CCC(CN)(N(C)CCC2CCCCN2C)CC1. The van der Waals surface area contributed by atoms with Crippen molar-refractivity contribution < 1.29 is 0 Å². The topological polar surface area (TPSA) is 32.5 Å². The molecule has 1 aliphatic carbocycles. The maximum Gasteiger partial charge on any atom is 0.0328 e. The fourth-order valence-electron chi connectivity index (χ4n) is 4.13. The molecule has 0 aromatic carbocycles. The van der Waals surface area contributed by atoms with E-state index in [1.54, 1.807) is 0 Å². The molecular formula is C17H35N3. The number of piperidine rings is 1. The van der Waals surface area contributed by atoms with Crippen LogP contribution in [0, 0.1) is 5.92 Å². The van der Waals surface area contributed by atoms with Crippen LogP contribution in [0.4, 0.5) is 0 Å². The van der Waals surface area contributed by atoms with Gasteiger partial charge >= 0.3 is 0 Å². The van der Waals surface area contributed by atoms with Gasteiger partial charge in [-0.3, -0.25) is 4.90 Å². The predicted molar refractivity (Wildman–Crippen MR) is 86.9 cm³/mol. The monoisotopic (exact) mass is 281 g/mol. The molecule has 1 unspecified atom stereocenters. The maximum atomic E-state index is 6.17. The minimum absolute atomic E-state index is 0.291. The second-order valence-electron chi connectivity index (χ2n) is 7.45. The molecule has 2 N–H and O–H groups in total. The molecule has 2 aliphatic rings. The van der Waals surface area contributed by atoms with Gasteiger partial charge in [0.25, 0.3) is 0 Å². The van der Waals surface area contributed by atoms with Gasteiger partial charge in [-0.2, -0.15) is 0 Å². The normalized spacial score (nSPS) is 36.5. The van der Waals surface area contributed by atoms with Crippen LogP contribution in [0.5, 0.6) is 0 Å². The second kappa shape index (κ2) is 7.24. The van der Waals surface area contributed by atoms with Crippen LogP contribution in [0.3, 0.4) is 0 Å². The highest BCUT2D eigenvalue weighted by Crippen LogP contribution is 2.35. The zero-order chi connectivity index (χ0) is 14.6. The summed E-state index contributed by atoms with van der Waals surface area (Å²) in [5.74, 6) is 0.896. The fraction of sp³-hybridized carbons (Fsp3) is 1.00. The van der Waals surface area contributed by atoms with E-state index < -0.39 is 0 Å². The van der Waals surface area contributed by atoms with Crippen LogP contribution in [0.1, 0.15) is 58.3 Å². The number of likely N-dealkylation sites (tertiary alicyclic amines) is 1. The molecular weight excluding hydrogens is 246 g/mol. The van der Waals surface area contributed by atoms with Gasteiger partial charge in [0.05, 0.1) is 0 Å². The molecule has 0 aromatic rings. The minimum Gasteiger partial charge on any atom is -0.329 e. The number of hydrogen-bond donors (Lipinski definition) is 1. The van der Waals surface area contributed by atoms with Crippen LogP contribution in [-0.2, 0) is 0 Å². The lowest BCUT2D eigenvalue weighted by Gasteiger charge is -2.46. The van der Waals surface area contributed by atoms with Gasteiger partial charge in [-0.05, 0) is 78.0 Å². The number of likely N-dealkylation sites (N-methyl/N-ethyl adjacent to an activating group) is 1. The average molecular weight is 281 g/mol. The van der Waals surface area contributed by atoms with Crippen molar-refractivity contribution in [3.8, 4) is 0 Å². The first-order valence-corrected chi connectivity index (χ1v) is 8.69. The van der Waals surface area contributed by atoms with Crippen molar-refractivity contribution in [1.82, 2.24) is 9.80 Å². The largest absolute Gasteiger partial charge is 0.329 e. The lowest BCUT2D eigenvalue weighted by atomic mass is 9.76. The Morgan fingerprint density at radius 3 is 2.50 bits per heavy atom. The molecule has 0 aromatic heterocycles. The molecule has 1 heterocycles. The van der Waals surface area contributed by atoms with E-state index in [0.29, 0.717) is 5.54 Å². The Morgan fingerprint density at radius 2 is 1.90 bits per heavy atom. The standard InChI is InChI=1S/C17H35N3/c1-15-7-10-17(14-18,11-8-15)20(3)13-9-16-6-4-5-12-19(16)2/h15-16H,4-14,18H2,1-3H3. The molecule has 0 radical (unpaired) electrons.